The van der Waals surface area contributed by atoms with Gasteiger partial charge in [0.05, 0.1) is 5.39 Å². The summed E-state index contributed by atoms with van der Waals surface area (Å²) in [6.07, 6.45) is 3.89. The summed E-state index contributed by atoms with van der Waals surface area (Å²) in [5.74, 6) is 0. The zero-order valence-electron chi connectivity index (χ0n) is 18.9. The van der Waals surface area contributed by atoms with Gasteiger partial charge in [0.25, 0.3) is 0 Å². The summed E-state index contributed by atoms with van der Waals surface area (Å²) in [6.45, 7) is 7.18. The maximum absolute atomic E-state index is 2.52. The van der Waals surface area contributed by atoms with Crippen LogP contribution in [0.3, 0.4) is 0 Å². The van der Waals surface area contributed by atoms with Crippen molar-refractivity contribution < 1.29 is 4.57 Å². The van der Waals surface area contributed by atoms with Gasteiger partial charge in [0, 0.05) is 23.3 Å². The molecule has 0 saturated carbocycles. The Kier molecular flexibility index (Phi) is 6.62. The smallest absolute Gasteiger partial charge is 0.188 e. The lowest BCUT2D eigenvalue weighted by molar-refractivity contribution is -0.660. The number of benzene rings is 3. The van der Waals surface area contributed by atoms with Gasteiger partial charge in [-0.25, -0.2) is 0 Å². The zero-order valence-corrected chi connectivity index (χ0v) is 18.9. The lowest BCUT2D eigenvalue weighted by atomic mass is 9.99. The molecule has 0 bridgehead atoms. The van der Waals surface area contributed by atoms with E-state index in [0.717, 1.165) is 6.54 Å². The maximum atomic E-state index is 2.52. The molecule has 2 heterocycles. The van der Waals surface area contributed by atoms with Crippen LogP contribution in [0.5, 0.6) is 0 Å². The lowest BCUT2D eigenvalue weighted by Crippen LogP contribution is -2.35. The SMILES string of the molecule is CC.Cc1ccccc1.c1ccc(-c2cccc3c2ccc2[n+]3CC3=C2CCC3)cc1. The van der Waals surface area contributed by atoms with Crippen LogP contribution < -0.4 is 4.57 Å². The molecule has 1 nitrogen and oxygen atoms in total. The van der Waals surface area contributed by atoms with Gasteiger partial charge in [-0.1, -0.05) is 92.2 Å². The summed E-state index contributed by atoms with van der Waals surface area (Å²) in [5.41, 5.74) is 10.1. The van der Waals surface area contributed by atoms with Crippen LogP contribution in [0.2, 0.25) is 0 Å². The zero-order chi connectivity index (χ0) is 21.6. The molecule has 0 unspecified atom stereocenters. The molecule has 156 valence electrons. The first-order chi connectivity index (χ1) is 15.3. The Balaban J connectivity index is 0.000000219. The average Bonchev–Trinajstić information content (AvgIpc) is 3.43. The summed E-state index contributed by atoms with van der Waals surface area (Å²) < 4.78 is 2.52. The molecule has 3 aromatic carbocycles. The van der Waals surface area contributed by atoms with Crippen molar-refractivity contribution in [1.29, 1.82) is 0 Å². The second kappa shape index (κ2) is 9.75. The maximum Gasteiger partial charge on any atom is 0.213 e. The molecule has 1 aliphatic heterocycles. The van der Waals surface area contributed by atoms with E-state index < -0.39 is 0 Å². The van der Waals surface area contributed by atoms with Crippen molar-refractivity contribution in [3.63, 3.8) is 0 Å². The Labute approximate surface area is 186 Å². The summed E-state index contributed by atoms with van der Waals surface area (Å²) in [4.78, 5) is 0. The van der Waals surface area contributed by atoms with Crippen LogP contribution in [-0.2, 0) is 6.54 Å². The molecular weight excluding hydrogens is 374 g/mol. The number of allylic oxidation sites excluding steroid dienone is 2. The fraction of sp³-hybridized carbons (Fsp3) is 0.233. The van der Waals surface area contributed by atoms with Gasteiger partial charge in [-0.05, 0) is 43.4 Å². The van der Waals surface area contributed by atoms with Crippen LogP contribution in [0.15, 0.2) is 96.6 Å². The number of hydrogen-bond acceptors (Lipinski definition) is 0. The van der Waals surface area contributed by atoms with Gasteiger partial charge in [-0.2, -0.15) is 4.57 Å². The quantitative estimate of drug-likeness (QED) is 0.284. The predicted octanol–water partition coefficient (Wildman–Crippen LogP) is 7.77. The van der Waals surface area contributed by atoms with Gasteiger partial charge in [0.15, 0.2) is 6.54 Å². The Morgan fingerprint density at radius 3 is 2.06 bits per heavy atom. The minimum atomic E-state index is 1.10. The predicted molar refractivity (Wildman–Crippen MR) is 133 cm³/mol. The molecule has 2 aliphatic rings. The highest BCUT2D eigenvalue weighted by atomic mass is 15.0. The van der Waals surface area contributed by atoms with E-state index in [9.17, 15) is 0 Å². The number of rotatable bonds is 1. The molecule has 0 atom stereocenters. The summed E-state index contributed by atoms with van der Waals surface area (Å²) in [6, 6.07) is 32.3. The van der Waals surface area contributed by atoms with Gasteiger partial charge in [-0.15, -0.1) is 0 Å². The van der Waals surface area contributed by atoms with Gasteiger partial charge >= 0.3 is 0 Å². The van der Waals surface area contributed by atoms with E-state index in [1.54, 1.807) is 11.1 Å². The van der Waals surface area contributed by atoms with Crippen molar-refractivity contribution in [2.24, 2.45) is 0 Å². The summed E-state index contributed by atoms with van der Waals surface area (Å²) in [5, 5.41) is 1.36. The van der Waals surface area contributed by atoms with E-state index in [1.165, 1.54) is 52.5 Å². The van der Waals surface area contributed by atoms with Crippen molar-refractivity contribution in [2.75, 3.05) is 0 Å². The second-order valence-electron chi connectivity index (χ2n) is 8.00. The number of aromatic nitrogens is 1. The molecule has 1 aliphatic carbocycles. The largest absolute Gasteiger partial charge is 0.213 e. The number of fused-ring (bicyclic) bond motifs is 4. The van der Waals surface area contributed by atoms with Crippen LogP contribution in [0, 0.1) is 6.92 Å². The highest BCUT2D eigenvalue weighted by molar-refractivity contribution is 5.93. The molecule has 0 saturated heterocycles. The average molecular weight is 407 g/mol. The number of nitrogens with zero attached hydrogens (tertiary/aromatic N) is 1. The van der Waals surface area contributed by atoms with Crippen molar-refractivity contribution in [1.82, 2.24) is 0 Å². The Hall–Kier alpha value is -3.19. The van der Waals surface area contributed by atoms with E-state index in [0.29, 0.717) is 0 Å². The number of pyridine rings is 1. The standard InChI is InChI=1S/C21H18N.C7H8.C2H6/c1-2-6-15(7-3-1)17-9-5-11-20-19(17)12-13-21-18-10-4-8-16(18)14-22(20)21;1-7-5-3-2-4-6-7;1-2/h1-3,5-7,9,11-13H,4,8,10,14H2;2-6H,1H3;1-2H3/q+1;;. The minimum absolute atomic E-state index is 1.10. The molecule has 4 aromatic rings. The van der Waals surface area contributed by atoms with E-state index in [-0.39, 0.29) is 0 Å². The third-order valence-corrected chi connectivity index (χ3v) is 6.09. The minimum Gasteiger partial charge on any atom is -0.188 e. The van der Waals surface area contributed by atoms with Gasteiger partial charge in [-0.3, -0.25) is 0 Å². The summed E-state index contributed by atoms with van der Waals surface area (Å²) in [7, 11) is 0. The molecule has 0 fully saturated rings. The van der Waals surface area contributed by atoms with Crippen molar-refractivity contribution >= 4 is 16.5 Å². The molecule has 31 heavy (non-hydrogen) atoms. The van der Waals surface area contributed by atoms with Crippen LogP contribution in [0.1, 0.15) is 44.4 Å². The molecular formula is C30H32N+. The Morgan fingerprint density at radius 1 is 0.677 bits per heavy atom. The van der Waals surface area contributed by atoms with Crippen molar-refractivity contribution in [3.05, 3.63) is 108 Å². The molecule has 1 aromatic heterocycles. The first kappa shape index (κ1) is 21.1. The third-order valence-electron chi connectivity index (χ3n) is 6.09. The van der Waals surface area contributed by atoms with E-state index in [4.69, 9.17) is 0 Å². The van der Waals surface area contributed by atoms with Crippen LogP contribution in [0.4, 0.5) is 0 Å². The van der Waals surface area contributed by atoms with Gasteiger partial charge < -0.3 is 0 Å². The Bertz CT molecular complexity index is 1190. The highest BCUT2D eigenvalue weighted by Crippen LogP contribution is 2.38. The van der Waals surface area contributed by atoms with Crippen molar-refractivity contribution in [2.45, 2.75) is 46.6 Å². The van der Waals surface area contributed by atoms with E-state index in [2.05, 4.69) is 84.3 Å². The monoisotopic (exact) mass is 406 g/mol. The second-order valence-corrected chi connectivity index (χ2v) is 8.00. The Morgan fingerprint density at radius 2 is 1.39 bits per heavy atom. The first-order valence-electron chi connectivity index (χ1n) is 11.6. The molecule has 0 radical (unpaired) electrons. The fourth-order valence-electron chi connectivity index (χ4n) is 4.66. The lowest BCUT2D eigenvalue weighted by Gasteiger charge is -2.08. The first-order valence-corrected chi connectivity index (χ1v) is 11.6. The summed E-state index contributed by atoms with van der Waals surface area (Å²) >= 11 is 0. The molecule has 6 rings (SSSR count). The normalized spacial score (nSPS) is 13.6. The van der Waals surface area contributed by atoms with E-state index >= 15 is 0 Å². The van der Waals surface area contributed by atoms with Crippen LogP contribution >= 0.6 is 0 Å². The number of aryl methyl sites for hydroxylation is 1. The van der Waals surface area contributed by atoms with Crippen LogP contribution in [-0.4, -0.2) is 0 Å². The van der Waals surface area contributed by atoms with E-state index in [1.807, 2.05) is 32.0 Å². The molecule has 0 N–H and O–H groups in total. The highest BCUT2D eigenvalue weighted by Gasteiger charge is 2.33. The van der Waals surface area contributed by atoms with Crippen molar-refractivity contribution in [3.8, 4) is 11.1 Å². The third kappa shape index (κ3) is 4.32. The van der Waals surface area contributed by atoms with Gasteiger partial charge in [0.2, 0.25) is 11.2 Å². The van der Waals surface area contributed by atoms with Crippen LogP contribution in [0.25, 0.3) is 27.6 Å². The molecule has 1 heteroatoms. The van der Waals surface area contributed by atoms with Gasteiger partial charge in [0.1, 0.15) is 0 Å². The fourth-order valence-corrected chi connectivity index (χ4v) is 4.66. The number of hydrogen-bond donors (Lipinski definition) is 0. The molecule has 0 spiro atoms. The molecule has 0 amide bonds. The topological polar surface area (TPSA) is 3.88 Å².